The van der Waals surface area contributed by atoms with Crippen LogP contribution >= 0.6 is 0 Å². The molecule has 102 valence electrons. The van der Waals surface area contributed by atoms with Crippen LogP contribution in [0.3, 0.4) is 0 Å². The summed E-state index contributed by atoms with van der Waals surface area (Å²) in [5.74, 6) is 0. The number of unbranched alkanes of at least 4 members (excludes halogenated alkanes) is 2. The van der Waals surface area contributed by atoms with E-state index >= 15 is 0 Å². The molecular weight excluding hydrogens is 248 g/mol. The Bertz CT molecular complexity index is 472. The molecule has 0 spiro atoms. The lowest BCUT2D eigenvalue weighted by molar-refractivity contribution is 0.454. The van der Waals surface area contributed by atoms with E-state index in [9.17, 15) is 8.42 Å². The van der Waals surface area contributed by atoms with Crippen molar-refractivity contribution in [2.24, 2.45) is 0 Å². The third-order valence-corrected chi connectivity index (χ3v) is 4.84. The van der Waals surface area contributed by atoms with Gasteiger partial charge in [0.05, 0.1) is 5.69 Å². The fraction of sp³-hybridized carbons (Fsp3) is 0.538. The van der Waals surface area contributed by atoms with Crippen molar-refractivity contribution in [3.8, 4) is 0 Å². The molecule has 1 rings (SSSR count). The van der Waals surface area contributed by atoms with Gasteiger partial charge in [0, 0.05) is 20.6 Å². The number of nitrogens with zero attached hydrogens (tertiary/aromatic N) is 1. The standard InChI is InChI=1S/C13H22N2O2S/c1-4-5-8-11-15(3)18(16,17)13-10-7-6-9-12(13)14-2/h6-7,9-10,14H,4-5,8,11H2,1-3H3. The van der Waals surface area contributed by atoms with Crippen LogP contribution in [0, 0.1) is 0 Å². The van der Waals surface area contributed by atoms with Gasteiger partial charge in [-0.2, -0.15) is 0 Å². The molecule has 0 aromatic heterocycles. The fourth-order valence-corrected chi connectivity index (χ4v) is 3.17. The summed E-state index contributed by atoms with van der Waals surface area (Å²) in [4.78, 5) is 0.339. The van der Waals surface area contributed by atoms with Crippen LogP contribution in [0.5, 0.6) is 0 Å². The summed E-state index contributed by atoms with van der Waals surface area (Å²) in [5, 5.41) is 2.92. The van der Waals surface area contributed by atoms with Gasteiger partial charge in [-0.1, -0.05) is 31.9 Å². The molecule has 0 aliphatic rings. The summed E-state index contributed by atoms with van der Waals surface area (Å²) in [7, 11) is -0.0274. The number of para-hydroxylation sites is 1. The number of hydrogen-bond acceptors (Lipinski definition) is 3. The topological polar surface area (TPSA) is 49.4 Å². The highest BCUT2D eigenvalue weighted by atomic mass is 32.2. The van der Waals surface area contributed by atoms with Crippen molar-refractivity contribution in [1.29, 1.82) is 0 Å². The molecule has 0 atom stereocenters. The van der Waals surface area contributed by atoms with Gasteiger partial charge in [-0.15, -0.1) is 0 Å². The average Bonchev–Trinajstić information content (AvgIpc) is 2.38. The van der Waals surface area contributed by atoms with Crippen molar-refractivity contribution in [2.75, 3.05) is 26.0 Å². The molecule has 0 unspecified atom stereocenters. The molecule has 1 aromatic carbocycles. The molecule has 18 heavy (non-hydrogen) atoms. The fourth-order valence-electron chi connectivity index (χ4n) is 1.77. The summed E-state index contributed by atoms with van der Waals surface area (Å²) >= 11 is 0. The van der Waals surface area contributed by atoms with Crippen molar-refractivity contribution in [1.82, 2.24) is 4.31 Å². The Balaban J connectivity index is 2.91. The maximum absolute atomic E-state index is 12.4. The number of anilines is 1. The molecule has 5 heteroatoms. The van der Waals surface area contributed by atoms with Crippen LogP contribution in [0.2, 0.25) is 0 Å². The third kappa shape index (κ3) is 3.46. The van der Waals surface area contributed by atoms with Gasteiger partial charge < -0.3 is 5.32 Å². The first-order valence-electron chi connectivity index (χ1n) is 6.27. The lowest BCUT2D eigenvalue weighted by Crippen LogP contribution is -2.28. The first-order valence-corrected chi connectivity index (χ1v) is 7.71. The van der Waals surface area contributed by atoms with E-state index in [1.807, 2.05) is 6.07 Å². The van der Waals surface area contributed by atoms with E-state index in [-0.39, 0.29) is 0 Å². The highest BCUT2D eigenvalue weighted by Gasteiger charge is 2.22. The van der Waals surface area contributed by atoms with Crippen molar-refractivity contribution in [3.63, 3.8) is 0 Å². The molecule has 0 heterocycles. The maximum atomic E-state index is 12.4. The van der Waals surface area contributed by atoms with Crippen LogP contribution < -0.4 is 5.32 Å². The number of nitrogens with one attached hydrogen (secondary N) is 1. The monoisotopic (exact) mass is 270 g/mol. The van der Waals surface area contributed by atoms with E-state index in [1.165, 1.54) is 4.31 Å². The SMILES string of the molecule is CCCCCN(C)S(=O)(=O)c1ccccc1NC. The van der Waals surface area contributed by atoms with Crippen LogP contribution in [0.15, 0.2) is 29.2 Å². The van der Waals surface area contributed by atoms with Crippen molar-refractivity contribution < 1.29 is 8.42 Å². The molecule has 0 radical (unpaired) electrons. The highest BCUT2D eigenvalue weighted by Crippen LogP contribution is 2.23. The molecule has 4 nitrogen and oxygen atoms in total. The van der Waals surface area contributed by atoms with Gasteiger partial charge in [0.2, 0.25) is 10.0 Å². The van der Waals surface area contributed by atoms with E-state index in [1.54, 1.807) is 32.3 Å². The van der Waals surface area contributed by atoms with Gasteiger partial charge in [-0.25, -0.2) is 12.7 Å². The zero-order chi connectivity index (χ0) is 13.6. The lowest BCUT2D eigenvalue weighted by Gasteiger charge is -2.19. The van der Waals surface area contributed by atoms with Crippen LogP contribution in [-0.2, 0) is 10.0 Å². The zero-order valence-electron chi connectivity index (χ0n) is 11.3. The van der Waals surface area contributed by atoms with Gasteiger partial charge >= 0.3 is 0 Å². The first-order chi connectivity index (χ1) is 8.54. The van der Waals surface area contributed by atoms with Gasteiger partial charge in [-0.3, -0.25) is 0 Å². The lowest BCUT2D eigenvalue weighted by atomic mass is 10.2. The van der Waals surface area contributed by atoms with Crippen LogP contribution in [0.25, 0.3) is 0 Å². The van der Waals surface area contributed by atoms with Crippen molar-refractivity contribution >= 4 is 15.7 Å². The Morgan fingerprint density at radius 2 is 1.89 bits per heavy atom. The van der Waals surface area contributed by atoms with E-state index in [0.29, 0.717) is 17.1 Å². The summed E-state index contributed by atoms with van der Waals surface area (Å²) < 4.78 is 26.2. The third-order valence-electron chi connectivity index (χ3n) is 2.92. The van der Waals surface area contributed by atoms with Crippen LogP contribution in [0.4, 0.5) is 5.69 Å². The minimum absolute atomic E-state index is 0.339. The second-order valence-electron chi connectivity index (χ2n) is 4.28. The zero-order valence-corrected chi connectivity index (χ0v) is 12.1. The van der Waals surface area contributed by atoms with Crippen LogP contribution in [-0.4, -0.2) is 33.4 Å². The number of rotatable bonds is 7. The molecule has 0 bridgehead atoms. The Kier molecular flexibility index (Phi) is 5.62. The Hall–Kier alpha value is -1.07. The molecule has 0 aliphatic heterocycles. The molecule has 1 N–H and O–H groups in total. The van der Waals surface area contributed by atoms with Crippen molar-refractivity contribution in [2.45, 2.75) is 31.1 Å². The summed E-state index contributed by atoms with van der Waals surface area (Å²) in [6.45, 7) is 2.67. The Morgan fingerprint density at radius 3 is 2.50 bits per heavy atom. The second-order valence-corrected chi connectivity index (χ2v) is 6.29. The maximum Gasteiger partial charge on any atom is 0.244 e. The van der Waals surface area contributed by atoms with Crippen LogP contribution in [0.1, 0.15) is 26.2 Å². The number of sulfonamides is 1. The summed E-state index contributed by atoms with van der Waals surface area (Å²) in [6.07, 6.45) is 3.03. The molecule has 0 saturated carbocycles. The second kappa shape index (κ2) is 6.75. The summed E-state index contributed by atoms with van der Waals surface area (Å²) in [6, 6.07) is 6.97. The first kappa shape index (κ1) is 15.0. The van der Waals surface area contributed by atoms with E-state index < -0.39 is 10.0 Å². The molecule has 1 aromatic rings. The van der Waals surface area contributed by atoms with Gasteiger partial charge in [0.15, 0.2) is 0 Å². The van der Waals surface area contributed by atoms with E-state index in [2.05, 4.69) is 12.2 Å². The normalized spacial score (nSPS) is 11.8. The number of hydrogen-bond donors (Lipinski definition) is 1. The molecular formula is C13H22N2O2S. The van der Waals surface area contributed by atoms with Gasteiger partial charge in [0.25, 0.3) is 0 Å². The largest absolute Gasteiger partial charge is 0.387 e. The summed E-state index contributed by atoms with van der Waals surface area (Å²) in [5.41, 5.74) is 0.639. The molecule has 0 fully saturated rings. The van der Waals surface area contributed by atoms with E-state index in [4.69, 9.17) is 0 Å². The number of benzene rings is 1. The quantitative estimate of drug-likeness (QED) is 0.775. The Morgan fingerprint density at radius 1 is 1.22 bits per heavy atom. The Labute approximate surface area is 110 Å². The highest BCUT2D eigenvalue weighted by molar-refractivity contribution is 7.89. The van der Waals surface area contributed by atoms with E-state index in [0.717, 1.165) is 19.3 Å². The predicted molar refractivity (Wildman–Crippen MR) is 75.3 cm³/mol. The van der Waals surface area contributed by atoms with Gasteiger partial charge in [-0.05, 0) is 18.6 Å². The van der Waals surface area contributed by atoms with Crippen molar-refractivity contribution in [3.05, 3.63) is 24.3 Å². The molecule has 0 amide bonds. The molecule has 0 saturated heterocycles. The van der Waals surface area contributed by atoms with Gasteiger partial charge in [0.1, 0.15) is 4.90 Å². The minimum atomic E-state index is -3.39. The minimum Gasteiger partial charge on any atom is -0.387 e. The predicted octanol–water partition coefficient (Wildman–Crippen LogP) is 2.54. The average molecular weight is 270 g/mol. The smallest absolute Gasteiger partial charge is 0.244 e. The molecule has 0 aliphatic carbocycles.